The molecule has 0 aromatic heterocycles. The molecule has 0 N–H and O–H groups in total. The molecule has 2 fully saturated rings. The van der Waals surface area contributed by atoms with Crippen LogP contribution >= 0.6 is 0 Å². The van der Waals surface area contributed by atoms with Crippen LogP contribution in [-0.2, 0) is 9.53 Å². The third-order valence-electron chi connectivity index (χ3n) is 6.39. The van der Waals surface area contributed by atoms with Gasteiger partial charge in [0, 0.05) is 46.3 Å². The number of benzene rings is 1. The van der Waals surface area contributed by atoms with Crippen molar-refractivity contribution < 1.29 is 14.3 Å². The summed E-state index contributed by atoms with van der Waals surface area (Å²) in [5, 5.41) is 0. The van der Waals surface area contributed by atoms with E-state index in [1.54, 1.807) is 6.92 Å². The molecule has 0 aliphatic carbocycles. The van der Waals surface area contributed by atoms with Crippen molar-refractivity contribution in [2.75, 3.05) is 39.9 Å². The zero-order chi connectivity index (χ0) is 19.4. The van der Waals surface area contributed by atoms with Crippen LogP contribution < -0.4 is 4.74 Å². The highest BCUT2D eigenvalue weighted by Gasteiger charge is 2.38. The monoisotopic (exact) mass is 374 g/mol. The highest BCUT2D eigenvalue weighted by Crippen LogP contribution is 2.31. The van der Waals surface area contributed by atoms with Crippen LogP contribution in [0.1, 0.15) is 43.7 Å². The molecule has 0 bridgehead atoms. The van der Waals surface area contributed by atoms with Crippen molar-refractivity contribution in [2.24, 2.45) is 0 Å². The van der Waals surface area contributed by atoms with Gasteiger partial charge in [-0.15, -0.1) is 0 Å². The fourth-order valence-electron chi connectivity index (χ4n) is 4.42. The number of nitrogens with zero attached hydrogens (tertiary/aromatic N) is 2. The number of hydrogen-bond donors (Lipinski definition) is 0. The van der Waals surface area contributed by atoms with E-state index >= 15 is 0 Å². The predicted molar refractivity (Wildman–Crippen MR) is 107 cm³/mol. The van der Waals surface area contributed by atoms with Gasteiger partial charge in [0.05, 0.1) is 0 Å². The van der Waals surface area contributed by atoms with E-state index in [9.17, 15) is 4.79 Å². The number of hydrogen-bond acceptors (Lipinski definition) is 4. The lowest BCUT2D eigenvalue weighted by atomic mass is 9.89. The van der Waals surface area contributed by atoms with Crippen molar-refractivity contribution in [3.05, 3.63) is 29.3 Å². The maximum Gasteiger partial charge on any atom is 0.219 e. The Kier molecular flexibility index (Phi) is 6.43. The minimum absolute atomic E-state index is 0.200. The van der Waals surface area contributed by atoms with Crippen molar-refractivity contribution in [3.8, 4) is 5.75 Å². The lowest BCUT2D eigenvalue weighted by Gasteiger charge is -2.45. The zero-order valence-corrected chi connectivity index (χ0v) is 17.3. The Hall–Kier alpha value is -1.59. The summed E-state index contributed by atoms with van der Waals surface area (Å²) in [5.74, 6) is 1.16. The second kappa shape index (κ2) is 8.61. The lowest BCUT2D eigenvalue weighted by molar-refractivity contribution is -0.131. The van der Waals surface area contributed by atoms with Gasteiger partial charge in [0.1, 0.15) is 18.0 Å². The second-order valence-electron chi connectivity index (χ2n) is 8.22. The van der Waals surface area contributed by atoms with Crippen molar-refractivity contribution in [2.45, 2.75) is 58.1 Å². The number of likely N-dealkylation sites (tertiary alicyclic amines) is 2. The van der Waals surface area contributed by atoms with Crippen molar-refractivity contribution in [3.63, 3.8) is 0 Å². The van der Waals surface area contributed by atoms with Crippen LogP contribution in [0.4, 0.5) is 0 Å². The second-order valence-corrected chi connectivity index (χ2v) is 8.22. The van der Waals surface area contributed by atoms with Gasteiger partial charge in [-0.05, 0) is 51.2 Å². The summed E-state index contributed by atoms with van der Waals surface area (Å²) < 4.78 is 12.1. The van der Waals surface area contributed by atoms with Gasteiger partial charge in [0.15, 0.2) is 0 Å². The molecule has 5 nitrogen and oxygen atoms in total. The van der Waals surface area contributed by atoms with E-state index < -0.39 is 0 Å². The molecule has 150 valence electrons. The molecule has 2 saturated heterocycles. The molecule has 1 aromatic carbocycles. The van der Waals surface area contributed by atoms with E-state index in [1.807, 2.05) is 12.0 Å². The van der Waals surface area contributed by atoms with Gasteiger partial charge in [-0.1, -0.05) is 17.7 Å². The van der Waals surface area contributed by atoms with Crippen molar-refractivity contribution >= 4 is 5.91 Å². The molecular weight excluding hydrogens is 340 g/mol. The molecule has 0 unspecified atom stereocenters. The Bertz CT molecular complexity index is 645. The Morgan fingerprint density at radius 3 is 2.37 bits per heavy atom. The Labute approximate surface area is 163 Å². The Balaban J connectivity index is 1.52. The number of rotatable bonds is 5. The average molecular weight is 375 g/mol. The Morgan fingerprint density at radius 2 is 1.81 bits per heavy atom. The SMILES string of the molecule is COC1(COc2ccc(C)cc2C)CCN(C2CCN(C(C)=O)CC2)CC1. The maximum atomic E-state index is 11.5. The van der Waals surface area contributed by atoms with Crippen LogP contribution in [0.3, 0.4) is 0 Å². The third-order valence-corrected chi connectivity index (χ3v) is 6.39. The first kappa shape index (κ1) is 20.2. The van der Waals surface area contributed by atoms with Gasteiger partial charge in [-0.25, -0.2) is 0 Å². The van der Waals surface area contributed by atoms with Crippen molar-refractivity contribution in [1.82, 2.24) is 9.80 Å². The van der Waals surface area contributed by atoms with Gasteiger partial charge in [0.2, 0.25) is 5.91 Å². The number of aryl methyl sites for hydroxylation is 2. The smallest absolute Gasteiger partial charge is 0.219 e. The molecule has 0 saturated carbocycles. The van der Waals surface area contributed by atoms with Crippen LogP contribution in [0.2, 0.25) is 0 Å². The van der Waals surface area contributed by atoms with Crippen LogP contribution in [0.5, 0.6) is 5.75 Å². The Morgan fingerprint density at radius 1 is 1.15 bits per heavy atom. The van der Waals surface area contributed by atoms with Crippen LogP contribution in [0.25, 0.3) is 0 Å². The van der Waals surface area contributed by atoms with Crippen molar-refractivity contribution in [1.29, 1.82) is 0 Å². The normalized spacial score (nSPS) is 21.3. The molecule has 2 aliphatic heterocycles. The summed E-state index contributed by atoms with van der Waals surface area (Å²) >= 11 is 0. The first-order chi connectivity index (χ1) is 12.9. The predicted octanol–water partition coefficient (Wildman–Crippen LogP) is 3.17. The molecule has 0 spiro atoms. The highest BCUT2D eigenvalue weighted by atomic mass is 16.5. The third kappa shape index (κ3) is 4.82. The topological polar surface area (TPSA) is 42.0 Å². The minimum atomic E-state index is -0.200. The molecule has 5 heteroatoms. The van der Waals surface area contributed by atoms with Crippen LogP contribution in [0.15, 0.2) is 18.2 Å². The molecule has 1 aromatic rings. The fraction of sp³-hybridized carbons (Fsp3) is 0.682. The summed E-state index contributed by atoms with van der Waals surface area (Å²) in [5.41, 5.74) is 2.23. The number of carbonyl (C=O) groups excluding carboxylic acids is 1. The average Bonchev–Trinajstić information content (AvgIpc) is 2.68. The quantitative estimate of drug-likeness (QED) is 0.794. The summed E-state index contributed by atoms with van der Waals surface area (Å²) in [4.78, 5) is 16.1. The highest BCUT2D eigenvalue weighted by molar-refractivity contribution is 5.73. The van der Waals surface area contributed by atoms with Gasteiger partial charge in [-0.3, -0.25) is 4.79 Å². The summed E-state index contributed by atoms with van der Waals surface area (Å²) in [6, 6.07) is 6.91. The number of methoxy groups -OCH3 is 1. The molecular formula is C22H34N2O3. The number of piperidine rings is 2. The molecule has 2 heterocycles. The van der Waals surface area contributed by atoms with Gasteiger partial charge in [-0.2, -0.15) is 0 Å². The van der Waals surface area contributed by atoms with Gasteiger partial charge < -0.3 is 19.3 Å². The first-order valence-electron chi connectivity index (χ1n) is 10.2. The number of ether oxygens (including phenoxy) is 2. The molecule has 1 amide bonds. The van der Waals surface area contributed by atoms with Gasteiger partial charge in [0.25, 0.3) is 0 Å². The van der Waals surface area contributed by atoms with E-state index in [0.29, 0.717) is 12.6 Å². The van der Waals surface area contributed by atoms with E-state index in [-0.39, 0.29) is 11.5 Å². The zero-order valence-electron chi connectivity index (χ0n) is 17.3. The lowest BCUT2D eigenvalue weighted by Crippen LogP contribution is -2.54. The first-order valence-corrected chi connectivity index (χ1v) is 10.2. The van der Waals surface area contributed by atoms with E-state index in [1.165, 1.54) is 11.1 Å². The maximum absolute atomic E-state index is 11.5. The number of amides is 1. The van der Waals surface area contributed by atoms with E-state index in [2.05, 4.69) is 36.9 Å². The molecule has 2 aliphatic rings. The van der Waals surface area contributed by atoms with Crippen LogP contribution in [-0.4, -0.2) is 67.2 Å². The largest absolute Gasteiger partial charge is 0.490 e. The summed E-state index contributed by atoms with van der Waals surface area (Å²) in [6.07, 6.45) is 4.14. The van der Waals surface area contributed by atoms with E-state index in [0.717, 1.165) is 57.6 Å². The van der Waals surface area contributed by atoms with E-state index in [4.69, 9.17) is 9.47 Å². The molecule has 0 radical (unpaired) electrons. The molecule has 27 heavy (non-hydrogen) atoms. The standard InChI is InChI=1S/C22H34N2O3/c1-17-5-6-21(18(2)15-17)27-16-22(26-4)9-13-24(14-10-22)20-7-11-23(12-8-20)19(3)25/h5-6,15,20H,7-14,16H2,1-4H3. The van der Waals surface area contributed by atoms with Crippen LogP contribution in [0, 0.1) is 13.8 Å². The fourth-order valence-corrected chi connectivity index (χ4v) is 4.42. The molecule has 3 rings (SSSR count). The minimum Gasteiger partial charge on any atom is -0.490 e. The number of carbonyl (C=O) groups is 1. The molecule has 0 atom stereocenters. The summed E-state index contributed by atoms with van der Waals surface area (Å²) in [6.45, 7) is 10.3. The van der Waals surface area contributed by atoms with Gasteiger partial charge >= 0.3 is 0 Å². The summed E-state index contributed by atoms with van der Waals surface area (Å²) in [7, 11) is 1.81.